The first kappa shape index (κ1) is 16.4. The van der Waals surface area contributed by atoms with Gasteiger partial charge >= 0.3 is 0 Å². The highest BCUT2D eigenvalue weighted by atomic mass is 35.5. The number of halogens is 1. The van der Waals surface area contributed by atoms with E-state index < -0.39 is 0 Å². The van der Waals surface area contributed by atoms with Gasteiger partial charge in [-0.3, -0.25) is 0 Å². The number of nitrogen functional groups attached to an aromatic ring is 1. The number of ether oxygens (including phenoxy) is 1. The molecule has 2 heterocycles. The molecule has 0 spiro atoms. The second kappa shape index (κ2) is 6.69. The zero-order valence-corrected chi connectivity index (χ0v) is 14.9. The van der Waals surface area contributed by atoms with E-state index in [1.807, 2.05) is 66.3 Å². The van der Waals surface area contributed by atoms with E-state index in [2.05, 4.69) is 9.97 Å². The number of aryl methyl sites for hydroxylation is 1. The van der Waals surface area contributed by atoms with Gasteiger partial charge in [-0.15, -0.1) is 0 Å². The number of rotatable bonds is 4. The fourth-order valence-corrected chi connectivity index (χ4v) is 3.17. The summed E-state index contributed by atoms with van der Waals surface area (Å²) in [5, 5.41) is 1.54. The summed E-state index contributed by atoms with van der Waals surface area (Å²) < 4.78 is 7.87. The molecule has 4 aromatic rings. The van der Waals surface area contributed by atoms with E-state index in [4.69, 9.17) is 22.1 Å². The molecule has 2 aromatic heterocycles. The highest BCUT2D eigenvalue weighted by Gasteiger charge is 2.14. The van der Waals surface area contributed by atoms with Crippen LogP contribution in [0.4, 0.5) is 5.82 Å². The van der Waals surface area contributed by atoms with Gasteiger partial charge in [-0.05, 0) is 23.8 Å². The van der Waals surface area contributed by atoms with Gasteiger partial charge in [0.05, 0.1) is 5.39 Å². The van der Waals surface area contributed by atoms with E-state index in [1.54, 1.807) is 0 Å². The molecule has 2 N–H and O–H groups in total. The van der Waals surface area contributed by atoms with Crippen molar-refractivity contribution in [2.45, 2.75) is 6.61 Å². The normalized spacial score (nSPS) is 11.0. The lowest BCUT2D eigenvalue weighted by atomic mass is 10.1. The molecule has 0 saturated heterocycles. The zero-order valence-electron chi connectivity index (χ0n) is 14.2. The van der Waals surface area contributed by atoms with Crippen molar-refractivity contribution in [3.8, 4) is 16.9 Å². The largest absolute Gasteiger partial charge is 0.489 e. The fourth-order valence-electron chi connectivity index (χ4n) is 2.98. The summed E-state index contributed by atoms with van der Waals surface area (Å²) in [5.41, 5.74) is 9.80. The lowest BCUT2D eigenvalue weighted by Crippen LogP contribution is -1.96. The number of hydrogen-bond donors (Lipinski definition) is 1. The highest BCUT2D eigenvalue weighted by Crippen LogP contribution is 2.33. The molecule has 4 rings (SSSR count). The van der Waals surface area contributed by atoms with Crippen molar-refractivity contribution in [1.82, 2.24) is 14.5 Å². The Hall–Kier alpha value is -3.05. The maximum Gasteiger partial charge on any atom is 0.145 e. The van der Waals surface area contributed by atoms with Crippen molar-refractivity contribution in [3.63, 3.8) is 0 Å². The Balaban J connectivity index is 1.68. The van der Waals surface area contributed by atoms with Crippen molar-refractivity contribution in [3.05, 3.63) is 71.6 Å². The van der Waals surface area contributed by atoms with Crippen LogP contribution in [0.3, 0.4) is 0 Å². The molecule has 0 unspecified atom stereocenters. The van der Waals surface area contributed by atoms with Crippen LogP contribution in [0.15, 0.2) is 61.1 Å². The van der Waals surface area contributed by atoms with Crippen LogP contribution in [0.2, 0.25) is 5.02 Å². The molecule has 0 aliphatic rings. The molecule has 2 aromatic carbocycles. The Bertz CT molecular complexity index is 1090. The predicted molar refractivity (Wildman–Crippen MR) is 104 cm³/mol. The number of benzene rings is 2. The quantitative estimate of drug-likeness (QED) is 0.581. The van der Waals surface area contributed by atoms with Gasteiger partial charge in [0.15, 0.2) is 0 Å². The summed E-state index contributed by atoms with van der Waals surface area (Å²) in [6.45, 7) is 0.407. The van der Waals surface area contributed by atoms with Gasteiger partial charge in [-0.25, -0.2) is 9.97 Å². The summed E-state index contributed by atoms with van der Waals surface area (Å²) in [5.74, 6) is 1.22. The van der Waals surface area contributed by atoms with Crippen LogP contribution < -0.4 is 10.5 Å². The third-order valence-electron chi connectivity index (χ3n) is 4.28. The van der Waals surface area contributed by atoms with E-state index in [-0.39, 0.29) is 0 Å². The maximum absolute atomic E-state index is 6.19. The van der Waals surface area contributed by atoms with E-state index in [0.29, 0.717) is 17.4 Å². The van der Waals surface area contributed by atoms with Crippen LogP contribution in [-0.2, 0) is 13.7 Å². The third kappa shape index (κ3) is 2.97. The van der Waals surface area contributed by atoms with Gasteiger partial charge in [0.1, 0.15) is 30.1 Å². The molecule has 0 saturated carbocycles. The number of fused-ring (bicyclic) bond motifs is 1. The third-order valence-corrected chi connectivity index (χ3v) is 4.65. The van der Waals surface area contributed by atoms with Gasteiger partial charge in [0.25, 0.3) is 0 Å². The Morgan fingerprint density at radius 2 is 1.96 bits per heavy atom. The molecule has 26 heavy (non-hydrogen) atoms. The fraction of sp³-hybridized carbons (Fsp3) is 0.100. The first-order valence-corrected chi connectivity index (χ1v) is 8.53. The molecule has 0 bridgehead atoms. The van der Waals surface area contributed by atoms with E-state index >= 15 is 0 Å². The van der Waals surface area contributed by atoms with Crippen molar-refractivity contribution >= 4 is 28.5 Å². The Morgan fingerprint density at radius 1 is 1.12 bits per heavy atom. The number of hydrogen-bond acceptors (Lipinski definition) is 4. The first-order valence-electron chi connectivity index (χ1n) is 8.15. The van der Waals surface area contributed by atoms with E-state index in [0.717, 1.165) is 33.5 Å². The molecule has 6 heteroatoms. The SMILES string of the molecule is Cn1cc(-c2cccc(OCc3ccccc3Cl)c2)c2c(N)ncnc21. The molecule has 0 amide bonds. The number of nitrogens with zero attached hydrogens (tertiary/aromatic N) is 3. The van der Waals surface area contributed by atoms with Gasteiger partial charge in [0, 0.05) is 29.4 Å². The molecule has 5 nitrogen and oxygen atoms in total. The second-order valence-corrected chi connectivity index (χ2v) is 6.43. The van der Waals surface area contributed by atoms with E-state index in [1.165, 1.54) is 6.33 Å². The predicted octanol–water partition coefficient (Wildman–Crippen LogP) is 4.45. The molecule has 130 valence electrons. The standard InChI is InChI=1S/C20H17ClN4O/c1-25-10-16(18-19(22)23-12-24-20(18)25)13-6-4-7-15(9-13)26-11-14-5-2-3-8-17(14)21/h2-10,12H,11H2,1H3,(H2,22,23,24). The van der Waals surface area contributed by atoms with Crippen LogP contribution in [0.1, 0.15) is 5.56 Å². The summed E-state index contributed by atoms with van der Waals surface area (Å²) in [6.07, 6.45) is 3.48. The topological polar surface area (TPSA) is 66.0 Å². The minimum atomic E-state index is 0.407. The van der Waals surface area contributed by atoms with Gasteiger partial charge in [-0.2, -0.15) is 0 Å². The summed E-state index contributed by atoms with van der Waals surface area (Å²) in [6, 6.07) is 15.5. The maximum atomic E-state index is 6.19. The lowest BCUT2D eigenvalue weighted by molar-refractivity contribution is 0.306. The zero-order chi connectivity index (χ0) is 18.1. The van der Waals surface area contributed by atoms with Crippen molar-refractivity contribution in [2.24, 2.45) is 7.05 Å². The Kier molecular flexibility index (Phi) is 4.22. The molecule has 0 radical (unpaired) electrons. The molecular formula is C20H17ClN4O. The Labute approximate surface area is 156 Å². The average Bonchev–Trinajstić information content (AvgIpc) is 3.00. The average molecular weight is 365 g/mol. The van der Waals surface area contributed by atoms with Gasteiger partial charge in [0.2, 0.25) is 0 Å². The number of anilines is 1. The van der Waals surface area contributed by atoms with Crippen molar-refractivity contribution in [2.75, 3.05) is 5.73 Å². The van der Waals surface area contributed by atoms with Crippen LogP contribution in [0.5, 0.6) is 5.75 Å². The monoisotopic (exact) mass is 364 g/mol. The lowest BCUT2D eigenvalue weighted by Gasteiger charge is -2.09. The molecule has 0 fully saturated rings. The first-order chi connectivity index (χ1) is 12.6. The minimum absolute atomic E-state index is 0.407. The smallest absolute Gasteiger partial charge is 0.145 e. The van der Waals surface area contributed by atoms with Crippen LogP contribution in [0.25, 0.3) is 22.2 Å². The molecule has 0 aliphatic carbocycles. The van der Waals surface area contributed by atoms with Gasteiger partial charge < -0.3 is 15.0 Å². The van der Waals surface area contributed by atoms with Crippen LogP contribution in [-0.4, -0.2) is 14.5 Å². The summed E-state index contributed by atoms with van der Waals surface area (Å²) in [7, 11) is 1.94. The summed E-state index contributed by atoms with van der Waals surface area (Å²) in [4.78, 5) is 8.44. The van der Waals surface area contributed by atoms with E-state index in [9.17, 15) is 0 Å². The van der Waals surface area contributed by atoms with Gasteiger partial charge in [-0.1, -0.05) is 41.9 Å². The molecule has 0 aliphatic heterocycles. The highest BCUT2D eigenvalue weighted by molar-refractivity contribution is 6.31. The van der Waals surface area contributed by atoms with Crippen molar-refractivity contribution in [1.29, 1.82) is 0 Å². The number of aromatic nitrogens is 3. The summed E-state index contributed by atoms with van der Waals surface area (Å²) >= 11 is 6.19. The Morgan fingerprint density at radius 3 is 2.81 bits per heavy atom. The molecular weight excluding hydrogens is 348 g/mol. The van der Waals surface area contributed by atoms with Crippen LogP contribution in [0, 0.1) is 0 Å². The minimum Gasteiger partial charge on any atom is -0.489 e. The van der Waals surface area contributed by atoms with Crippen LogP contribution >= 0.6 is 11.6 Å². The van der Waals surface area contributed by atoms with Crippen molar-refractivity contribution < 1.29 is 4.74 Å². The molecule has 0 atom stereocenters. The second-order valence-electron chi connectivity index (χ2n) is 6.02. The number of nitrogens with two attached hydrogens (primary N) is 1.